The van der Waals surface area contributed by atoms with E-state index in [1.165, 1.54) is 4.90 Å². The predicted molar refractivity (Wildman–Crippen MR) is 90.0 cm³/mol. The Kier molecular flexibility index (Phi) is 4.40. The van der Waals surface area contributed by atoms with Crippen LogP contribution in [0.4, 0.5) is 0 Å². The summed E-state index contributed by atoms with van der Waals surface area (Å²) in [4.78, 5) is 32.3. The first kappa shape index (κ1) is 16.6. The molecule has 124 valence electrons. The van der Waals surface area contributed by atoms with Crippen LogP contribution < -0.4 is 4.78 Å². The van der Waals surface area contributed by atoms with E-state index in [0.717, 1.165) is 16.9 Å². The van der Waals surface area contributed by atoms with Crippen LogP contribution in [-0.4, -0.2) is 57.9 Å². The second-order valence-corrected chi connectivity index (χ2v) is 6.84. The van der Waals surface area contributed by atoms with Crippen LogP contribution in [0.15, 0.2) is 24.3 Å². The molecule has 3 rings (SSSR count). The molecule has 0 atom stereocenters. The van der Waals surface area contributed by atoms with Gasteiger partial charge in [0, 0.05) is 25.4 Å². The van der Waals surface area contributed by atoms with Crippen molar-refractivity contribution < 1.29 is 19.6 Å². The molecule has 0 bridgehead atoms. The maximum absolute atomic E-state index is 12.4. The fourth-order valence-corrected chi connectivity index (χ4v) is 3.55. The van der Waals surface area contributed by atoms with Gasteiger partial charge in [-0.2, -0.15) is 0 Å². The van der Waals surface area contributed by atoms with Gasteiger partial charge in [-0.3, -0.25) is 9.59 Å². The number of hydrogen-bond acceptors (Lipinski definition) is 6. The summed E-state index contributed by atoms with van der Waals surface area (Å²) in [6.45, 7) is 0.691. The van der Waals surface area contributed by atoms with Gasteiger partial charge in [-0.05, 0) is 23.8 Å². The van der Waals surface area contributed by atoms with Gasteiger partial charge in [0.25, 0.3) is 11.8 Å². The average molecular weight is 345 g/mol. The van der Waals surface area contributed by atoms with E-state index in [2.05, 4.69) is 4.98 Å². The summed E-state index contributed by atoms with van der Waals surface area (Å²) in [6.07, 6.45) is 0. The molecule has 9 heteroatoms. The Morgan fingerprint density at radius 3 is 2.79 bits per heavy atom. The maximum atomic E-state index is 12.4. The highest BCUT2D eigenvalue weighted by atomic mass is 32.1. The van der Waals surface area contributed by atoms with Crippen LogP contribution in [0.5, 0.6) is 0 Å². The topological polar surface area (TPSA) is 94.0 Å². The molecule has 24 heavy (non-hydrogen) atoms. The zero-order valence-corrected chi connectivity index (χ0v) is 14.1. The summed E-state index contributed by atoms with van der Waals surface area (Å²) in [5, 5.41) is 18.4. The van der Waals surface area contributed by atoms with Gasteiger partial charge in [-0.25, -0.2) is 4.98 Å². The van der Waals surface area contributed by atoms with Crippen LogP contribution in [0.2, 0.25) is 0 Å². The first-order valence-corrected chi connectivity index (χ1v) is 8.14. The van der Waals surface area contributed by atoms with Crippen molar-refractivity contribution in [2.45, 2.75) is 13.1 Å². The number of nitrogens with zero attached hydrogens (tertiary/aromatic N) is 3. The molecule has 1 aliphatic heterocycles. The third-order valence-electron chi connectivity index (χ3n) is 3.71. The van der Waals surface area contributed by atoms with Crippen LogP contribution in [0.1, 0.15) is 31.4 Å². The summed E-state index contributed by atoms with van der Waals surface area (Å²) < 4.78 is 0.365. The fourth-order valence-electron chi connectivity index (χ4n) is 2.54. The quantitative estimate of drug-likeness (QED) is 0.741. The molecule has 2 aromatic rings. The highest BCUT2D eigenvalue weighted by Gasteiger charge is 2.32. The monoisotopic (exact) mass is 345 g/mol. The van der Waals surface area contributed by atoms with Crippen LogP contribution in [0, 0.1) is 0 Å². The average Bonchev–Trinajstić information content (AvgIpc) is 3.07. The zero-order valence-electron chi connectivity index (χ0n) is 13.3. The first-order chi connectivity index (χ1) is 11.4. The molecule has 0 fully saturated rings. The van der Waals surface area contributed by atoms with Gasteiger partial charge in [0.2, 0.25) is 0 Å². The maximum Gasteiger partial charge on any atom is 0.499 e. The normalized spacial score (nSPS) is 13.2. The Morgan fingerprint density at radius 2 is 2.17 bits per heavy atom. The highest BCUT2D eigenvalue weighted by Crippen LogP contribution is 2.27. The zero-order chi connectivity index (χ0) is 17.4. The summed E-state index contributed by atoms with van der Waals surface area (Å²) in [7, 11) is 1.76. The number of hydrogen-bond donors (Lipinski definition) is 2. The summed E-state index contributed by atoms with van der Waals surface area (Å²) in [5.74, 6) is -0.349. The molecule has 0 saturated carbocycles. The van der Waals surface area contributed by atoms with E-state index in [1.807, 2.05) is 0 Å². The van der Waals surface area contributed by atoms with Crippen molar-refractivity contribution in [1.29, 1.82) is 0 Å². The Bertz CT molecular complexity index is 806. The molecule has 3 heterocycles. The lowest BCUT2D eigenvalue weighted by Gasteiger charge is -2.16. The molecular formula is C15H16BN3O4S. The van der Waals surface area contributed by atoms with Crippen molar-refractivity contribution in [2.75, 3.05) is 14.1 Å². The fraction of sp³-hybridized carbons (Fsp3) is 0.267. The number of rotatable bonds is 4. The Balaban J connectivity index is 1.76. The number of thiophene rings is 1. The minimum atomic E-state index is -1.56. The van der Waals surface area contributed by atoms with E-state index in [9.17, 15) is 19.6 Å². The van der Waals surface area contributed by atoms with E-state index in [4.69, 9.17) is 0 Å². The summed E-state index contributed by atoms with van der Waals surface area (Å²) >= 11 is 1.09. The van der Waals surface area contributed by atoms with Gasteiger partial charge in [0.05, 0.1) is 17.1 Å². The van der Waals surface area contributed by atoms with Crippen molar-refractivity contribution in [3.05, 3.63) is 46.1 Å². The molecule has 2 N–H and O–H groups in total. The van der Waals surface area contributed by atoms with Crippen LogP contribution in [-0.2, 0) is 13.1 Å². The van der Waals surface area contributed by atoms with Gasteiger partial charge < -0.3 is 19.8 Å². The van der Waals surface area contributed by atoms with Gasteiger partial charge in [-0.15, -0.1) is 11.3 Å². The minimum absolute atomic E-state index is 0.159. The number of pyridine rings is 1. The molecule has 0 saturated heterocycles. The molecular weight excluding hydrogens is 329 g/mol. The van der Waals surface area contributed by atoms with Crippen molar-refractivity contribution in [2.24, 2.45) is 0 Å². The molecule has 0 radical (unpaired) electrons. The molecule has 0 aliphatic carbocycles. The predicted octanol–water partition coefficient (Wildman–Crippen LogP) is -0.319. The van der Waals surface area contributed by atoms with E-state index < -0.39 is 7.12 Å². The van der Waals surface area contributed by atoms with E-state index in [0.29, 0.717) is 34.1 Å². The van der Waals surface area contributed by atoms with Gasteiger partial charge in [-0.1, -0.05) is 6.07 Å². The largest absolute Gasteiger partial charge is 0.499 e. The third kappa shape index (κ3) is 3.05. The van der Waals surface area contributed by atoms with E-state index in [1.54, 1.807) is 43.3 Å². The van der Waals surface area contributed by atoms with Crippen molar-refractivity contribution >= 4 is 35.0 Å². The summed E-state index contributed by atoms with van der Waals surface area (Å²) in [5.41, 5.74) is 1.76. The van der Waals surface area contributed by atoms with Crippen LogP contribution in [0.3, 0.4) is 0 Å². The number of amides is 2. The molecule has 0 aromatic carbocycles. The van der Waals surface area contributed by atoms with Gasteiger partial charge in [0.15, 0.2) is 0 Å². The van der Waals surface area contributed by atoms with Crippen molar-refractivity contribution in [1.82, 2.24) is 14.8 Å². The standard InChI is InChI=1S/C15H16BN3O4S/c1-18(2)14(20)11-5-3-4-10(17-11)8-19-7-9-6-12(16(22)23)24-13(9)15(19)21/h3-6,22-23H,7-8H2,1-2H3. The number of carbonyl (C=O) groups excluding carboxylic acids is 2. The SMILES string of the molecule is CN(C)C(=O)c1cccc(CN2Cc3cc(B(O)O)sc3C2=O)n1. The molecule has 7 nitrogen and oxygen atoms in total. The van der Waals surface area contributed by atoms with Crippen LogP contribution in [0.25, 0.3) is 0 Å². The molecule has 0 spiro atoms. The van der Waals surface area contributed by atoms with Crippen molar-refractivity contribution in [3.63, 3.8) is 0 Å². The lowest BCUT2D eigenvalue weighted by molar-refractivity contribution is 0.0768. The van der Waals surface area contributed by atoms with Gasteiger partial charge >= 0.3 is 7.12 Å². The van der Waals surface area contributed by atoms with E-state index >= 15 is 0 Å². The summed E-state index contributed by atoms with van der Waals surface area (Å²) in [6, 6.07) is 6.80. The molecule has 2 aromatic heterocycles. The van der Waals surface area contributed by atoms with Gasteiger partial charge in [0.1, 0.15) is 5.69 Å². The number of carbonyl (C=O) groups is 2. The third-order valence-corrected chi connectivity index (χ3v) is 4.92. The Hall–Kier alpha value is -2.23. The second kappa shape index (κ2) is 6.35. The van der Waals surface area contributed by atoms with E-state index in [-0.39, 0.29) is 11.8 Å². The smallest absolute Gasteiger partial charge is 0.423 e. The first-order valence-electron chi connectivity index (χ1n) is 7.32. The second-order valence-electron chi connectivity index (χ2n) is 5.75. The Morgan fingerprint density at radius 1 is 1.42 bits per heavy atom. The lowest BCUT2D eigenvalue weighted by Crippen LogP contribution is -2.29. The van der Waals surface area contributed by atoms with Crippen LogP contribution >= 0.6 is 11.3 Å². The Labute approximate surface area is 143 Å². The molecule has 2 amide bonds. The minimum Gasteiger partial charge on any atom is -0.423 e. The molecule has 0 unspecified atom stereocenters. The van der Waals surface area contributed by atoms with Crippen molar-refractivity contribution in [3.8, 4) is 0 Å². The highest BCUT2D eigenvalue weighted by molar-refractivity contribution is 7.23. The number of fused-ring (bicyclic) bond motifs is 1. The molecule has 1 aliphatic rings. The number of aromatic nitrogens is 1. The lowest BCUT2D eigenvalue weighted by atomic mass is 9.89.